The molecule has 0 bridgehead atoms. The number of phosphoric ester groups is 1. The summed E-state index contributed by atoms with van der Waals surface area (Å²) in [5, 5.41) is 9.76. The van der Waals surface area contributed by atoms with Crippen LogP contribution in [0.5, 0.6) is 0 Å². The average Bonchev–Trinajstić information content (AvgIpc) is 3.35. The number of carbonyl (C=O) groups excluding carboxylic acids is 3. The van der Waals surface area contributed by atoms with Crippen LogP contribution in [0, 0.1) is 0 Å². The molecule has 0 aromatic heterocycles. The van der Waals surface area contributed by atoms with Gasteiger partial charge in [-0.05, 0) is 96.3 Å². The van der Waals surface area contributed by atoms with Crippen LogP contribution in [0.25, 0.3) is 0 Å². The third kappa shape index (κ3) is 48.9. The van der Waals surface area contributed by atoms with Crippen molar-refractivity contribution < 1.29 is 52.2 Å². The zero-order valence-electron chi connectivity index (χ0n) is 43.4. The van der Waals surface area contributed by atoms with E-state index in [1.165, 1.54) is 38.5 Å². The van der Waals surface area contributed by atoms with E-state index in [0.717, 1.165) is 89.9 Å². The highest BCUT2D eigenvalue weighted by Crippen LogP contribution is 2.43. The van der Waals surface area contributed by atoms with Crippen LogP contribution < -0.4 is 0 Å². The zero-order valence-corrected chi connectivity index (χ0v) is 44.3. The molecule has 0 amide bonds. The van der Waals surface area contributed by atoms with E-state index in [-0.39, 0.29) is 19.3 Å². The summed E-state index contributed by atoms with van der Waals surface area (Å²) in [5.41, 5.74) is 0. The number of carbonyl (C=O) groups is 3. The van der Waals surface area contributed by atoms with Crippen LogP contribution in [-0.2, 0) is 42.2 Å². The highest BCUT2D eigenvalue weighted by atomic mass is 31.2. The molecule has 2 N–H and O–H groups in total. The number of hydrogen-bond donors (Lipinski definition) is 2. The minimum Gasteiger partial charge on any atom is -0.462 e. The Kier molecular flexibility index (Phi) is 48.2. The number of unbranched alkanes of at least 4 members (excludes halogenated alkanes) is 11. The van der Waals surface area contributed by atoms with Crippen LogP contribution >= 0.6 is 7.82 Å². The van der Waals surface area contributed by atoms with Crippen molar-refractivity contribution in [3.8, 4) is 0 Å². The molecule has 3 atom stereocenters. The highest BCUT2D eigenvalue weighted by molar-refractivity contribution is 7.47. The summed E-state index contributed by atoms with van der Waals surface area (Å²) in [6.45, 7) is 4.17. The molecule has 0 aliphatic heterocycles. The first-order valence-corrected chi connectivity index (χ1v) is 27.9. The number of aliphatic hydroxyl groups is 1. The molecule has 0 saturated carbocycles. The molecule has 0 rings (SSSR count). The van der Waals surface area contributed by atoms with Gasteiger partial charge in [-0.15, -0.1) is 0 Å². The van der Waals surface area contributed by atoms with E-state index in [0.29, 0.717) is 19.3 Å². The number of ether oxygens (including phenoxy) is 3. The van der Waals surface area contributed by atoms with Gasteiger partial charge in [0.15, 0.2) is 6.10 Å². The Hall–Kier alpha value is -4.12. The molecule has 0 heterocycles. The van der Waals surface area contributed by atoms with Crippen molar-refractivity contribution >= 4 is 25.7 Å². The normalized spacial score (nSPS) is 14.4. The molecule has 0 saturated heterocycles. The van der Waals surface area contributed by atoms with Crippen molar-refractivity contribution in [3.63, 3.8) is 0 Å². The lowest BCUT2D eigenvalue weighted by molar-refractivity contribution is -0.160. The summed E-state index contributed by atoms with van der Waals surface area (Å²) < 4.78 is 39.1. The Morgan fingerprint density at radius 2 is 0.829 bits per heavy atom. The van der Waals surface area contributed by atoms with Gasteiger partial charge in [-0.3, -0.25) is 23.4 Å². The molecule has 3 unspecified atom stereocenters. The van der Waals surface area contributed by atoms with Crippen LogP contribution in [0.2, 0.25) is 0 Å². The van der Waals surface area contributed by atoms with Crippen LogP contribution in [0.3, 0.4) is 0 Å². The van der Waals surface area contributed by atoms with Crippen LogP contribution in [0.4, 0.5) is 0 Å². The van der Waals surface area contributed by atoms with Crippen molar-refractivity contribution in [2.75, 3.05) is 26.4 Å². The molecule has 70 heavy (non-hydrogen) atoms. The third-order valence-corrected chi connectivity index (χ3v) is 11.3. The fourth-order valence-corrected chi connectivity index (χ4v) is 7.22. The molecule has 0 aliphatic rings. The minimum atomic E-state index is -4.79. The summed E-state index contributed by atoms with van der Waals surface area (Å²) in [4.78, 5) is 48.3. The summed E-state index contributed by atoms with van der Waals surface area (Å²) in [7, 11) is -4.79. The van der Waals surface area contributed by atoms with E-state index in [1.807, 2.05) is 36.5 Å². The summed E-state index contributed by atoms with van der Waals surface area (Å²) in [5.74, 6) is -1.73. The first kappa shape index (κ1) is 65.9. The Bertz CT molecular complexity index is 1630. The largest absolute Gasteiger partial charge is 0.472 e. The van der Waals surface area contributed by atoms with Gasteiger partial charge >= 0.3 is 25.7 Å². The SMILES string of the molecule is CC/C=C\C/C=C\C/C=C\C/C=C\C/C=C\CC(=O)OC(COC(=O)CCCCCCC/C=C\CCCCCCCC)COP(=O)(O)OCC(CO)OC(=O)CC/C=C\C/C=C\C/C=C\C/C=C\CC. The minimum absolute atomic E-state index is 0.0423. The summed E-state index contributed by atoms with van der Waals surface area (Å²) >= 11 is 0. The predicted octanol–water partition coefficient (Wildman–Crippen LogP) is 15.2. The number of hydrogen-bond acceptors (Lipinski definition) is 10. The second-order valence-electron chi connectivity index (χ2n) is 16.9. The lowest BCUT2D eigenvalue weighted by Crippen LogP contribution is -2.30. The quantitative estimate of drug-likeness (QED) is 0.0197. The first-order chi connectivity index (χ1) is 34.2. The van der Waals surface area contributed by atoms with Crippen molar-refractivity contribution in [3.05, 3.63) is 122 Å². The van der Waals surface area contributed by atoms with Crippen molar-refractivity contribution in [1.29, 1.82) is 0 Å². The third-order valence-electron chi connectivity index (χ3n) is 10.4. The van der Waals surface area contributed by atoms with Gasteiger partial charge in [0.1, 0.15) is 12.7 Å². The van der Waals surface area contributed by atoms with Crippen molar-refractivity contribution in [2.24, 2.45) is 0 Å². The molecular formula is C58H93O11P. The lowest BCUT2D eigenvalue weighted by atomic mass is 10.1. The Morgan fingerprint density at radius 1 is 0.429 bits per heavy atom. The molecule has 0 fully saturated rings. The van der Waals surface area contributed by atoms with Gasteiger partial charge in [0.05, 0.1) is 26.2 Å². The fraction of sp³-hybridized carbons (Fsp3) is 0.603. The molecule has 12 heteroatoms. The van der Waals surface area contributed by atoms with Gasteiger partial charge in [0, 0.05) is 12.8 Å². The molecule has 0 radical (unpaired) electrons. The Balaban J connectivity index is 4.95. The molecule has 11 nitrogen and oxygen atoms in total. The van der Waals surface area contributed by atoms with Crippen LogP contribution in [0.1, 0.15) is 188 Å². The number of aliphatic hydroxyl groups excluding tert-OH is 1. The second-order valence-corrected chi connectivity index (χ2v) is 18.4. The summed E-state index contributed by atoms with van der Waals surface area (Å²) in [6, 6.07) is 0. The van der Waals surface area contributed by atoms with Crippen molar-refractivity contribution in [1.82, 2.24) is 0 Å². The maximum absolute atomic E-state index is 12.8. The molecule has 0 aromatic carbocycles. The van der Waals surface area contributed by atoms with Crippen molar-refractivity contribution in [2.45, 2.75) is 200 Å². The number of phosphoric acid groups is 1. The molecule has 0 aliphatic carbocycles. The van der Waals surface area contributed by atoms with Gasteiger partial charge in [0.2, 0.25) is 0 Å². The van der Waals surface area contributed by atoms with Gasteiger partial charge in [-0.2, -0.15) is 0 Å². The maximum Gasteiger partial charge on any atom is 0.472 e. The van der Waals surface area contributed by atoms with E-state index >= 15 is 0 Å². The molecular weight excluding hydrogens is 904 g/mol. The summed E-state index contributed by atoms with van der Waals surface area (Å²) in [6.07, 6.45) is 62.2. The Morgan fingerprint density at radius 3 is 1.31 bits per heavy atom. The topological polar surface area (TPSA) is 155 Å². The van der Waals surface area contributed by atoms with Gasteiger partial charge in [0.25, 0.3) is 0 Å². The number of esters is 3. The van der Waals surface area contributed by atoms with Crippen LogP contribution in [0.15, 0.2) is 122 Å². The molecule has 0 aromatic rings. The van der Waals surface area contributed by atoms with E-state index in [2.05, 4.69) is 99.8 Å². The predicted molar refractivity (Wildman–Crippen MR) is 288 cm³/mol. The Labute approximate surface area is 424 Å². The number of allylic oxidation sites excluding steroid dienone is 19. The second kappa shape index (κ2) is 51.2. The zero-order chi connectivity index (χ0) is 51.3. The van der Waals surface area contributed by atoms with E-state index in [4.69, 9.17) is 23.3 Å². The van der Waals surface area contributed by atoms with Crippen LogP contribution in [-0.4, -0.2) is 66.5 Å². The van der Waals surface area contributed by atoms with E-state index in [1.54, 1.807) is 6.08 Å². The lowest BCUT2D eigenvalue weighted by Gasteiger charge is -2.21. The smallest absolute Gasteiger partial charge is 0.462 e. The molecule has 0 spiro atoms. The average molecular weight is 997 g/mol. The standard InChI is InChI=1S/C58H93O11P/c1-4-7-10-13-16-19-22-25-27-30-32-35-38-41-44-47-56(60)65-51-55(69-58(62)49-46-43-40-37-34-31-28-26-23-20-17-14-11-8-5-2)53-67-70(63,64)66-52-54(50-59)68-57(61)48-45-42-39-36-33-29-24-21-18-15-12-9-6-3/h8-9,11-12,17-18,20-21,25-29,33-34,37,39,42-43,46,54-55,59H,4-7,10,13-16,19,22-24,30-32,35-36,38,40-41,44-45,47-53H2,1-3H3,(H,63,64)/b11-8-,12-9-,20-17-,21-18-,27-25-,28-26-,33-29-,37-34-,42-39-,46-43-. The maximum atomic E-state index is 12.8. The first-order valence-electron chi connectivity index (χ1n) is 26.4. The van der Waals surface area contributed by atoms with E-state index in [9.17, 15) is 28.9 Å². The molecule has 396 valence electrons. The highest BCUT2D eigenvalue weighted by Gasteiger charge is 2.28. The van der Waals surface area contributed by atoms with Gasteiger partial charge in [-0.25, -0.2) is 4.57 Å². The van der Waals surface area contributed by atoms with E-state index < -0.39 is 64.4 Å². The van der Waals surface area contributed by atoms with Gasteiger partial charge < -0.3 is 24.2 Å². The van der Waals surface area contributed by atoms with Gasteiger partial charge in [-0.1, -0.05) is 194 Å². The number of rotatable bonds is 47. The monoisotopic (exact) mass is 997 g/mol. The fourth-order valence-electron chi connectivity index (χ4n) is 6.44.